The molecule has 8 nitrogen and oxygen atoms in total. The van der Waals surface area contributed by atoms with E-state index in [1.807, 2.05) is 0 Å². The molecule has 0 saturated heterocycles. The van der Waals surface area contributed by atoms with Gasteiger partial charge < -0.3 is 11.1 Å². The molecular weight excluding hydrogens is 248 g/mol. The van der Waals surface area contributed by atoms with Gasteiger partial charge in [-0.15, -0.1) is 12.4 Å². The largest absolute Gasteiger partial charge is 0.370 e. The van der Waals surface area contributed by atoms with E-state index in [0.29, 0.717) is 5.69 Å². The smallest absolute Gasteiger partial charge is 0.269 e. The zero-order chi connectivity index (χ0) is 12.1. The van der Waals surface area contributed by atoms with Crippen molar-refractivity contribution in [3.63, 3.8) is 0 Å². The number of nitrogens with two attached hydrogens (primary N) is 1. The molecule has 0 aromatic heterocycles. The first-order valence-electron chi connectivity index (χ1n) is 4.20. The lowest BCUT2D eigenvalue weighted by Gasteiger charge is -2.07. The van der Waals surface area contributed by atoms with Crippen molar-refractivity contribution in [3.8, 4) is 0 Å². The number of nitro groups is 1. The minimum absolute atomic E-state index is 0. The lowest BCUT2D eigenvalue weighted by molar-refractivity contribution is -0.384. The van der Waals surface area contributed by atoms with E-state index in [1.165, 1.54) is 24.3 Å². The highest BCUT2D eigenvalue weighted by atomic mass is 35.5. The van der Waals surface area contributed by atoms with Gasteiger partial charge in [-0.05, 0) is 12.1 Å². The summed E-state index contributed by atoms with van der Waals surface area (Å²) in [6.07, 6.45) is 0. The van der Waals surface area contributed by atoms with Crippen LogP contribution in [0.25, 0.3) is 0 Å². The molecule has 6 N–H and O–H groups in total. The van der Waals surface area contributed by atoms with E-state index < -0.39 is 4.92 Å². The van der Waals surface area contributed by atoms with Gasteiger partial charge in [-0.1, -0.05) is 0 Å². The quantitative estimate of drug-likeness (QED) is 0.231. The molecule has 0 amide bonds. The van der Waals surface area contributed by atoms with Crippen molar-refractivity contribution in [1.29, 1.82) is 10.8 Å². The van der Waals surface area contributed by atoms with Gasteiger partial charge in [0.25, 0.3) is 5.69 Å². The zero-order valence-electron chi connectivity index (χ0n) is 8.56. The number of hydrogen-bond donors (Lipinski definition) is 5. The molecule has 0 spiro atoms. The number of anilines is 1. The van der Waals surface area contributed by atoms with Gasteiger partial charge in [0.1, 0.15) is 0 Å². The molecular formula is C8H11ClN6O2. The molecule has 0 radical (unpaired) electrons. The van der Waals surface area contributed by atoms with Crippen molar-refractivity contribution in [2.75, 3.05) is 5.32 Å². The summed E-state index contributed by atoms with van der Waals surface area (Å²) in [6, 6.07) is 5.52. The fourth-order valence-electron chi connectivity index (χ4n) is 0.977. The van der Waals surface area contributed by atoms with Crippen LogP contribution in [0, 0.1) is 20.9 Å². The van der Waals surface area contributed by atoms with Crippen LogP contribution in [-0.2, 0) is 0 Å². The van der Waals surface area contributed by atoms with Crippen molar-refractivity contribution in [3.05, 3.63) is 34.4 Å². The second kappa shape index (κ2) is 6.28. The van der Waals surface area contributed by atoms with E-state index >= 15 is 0 Å². The Bertz CT molecular complexity index is 432. The summed E-state index contributed by atoms with van der Waals surface area (Å²) in [7, 11) is 0. The predicted molar refractivity (Wildman–Crippen MR) is 66.7 cm³/mol. The van der Waals surface area contributed by atoms with Crippen LogP contribution >= 0.6 is 12.4 Å². The van der Waals surface area contributed by atoms with E-state index in [1.54, 1.807) is 0 Å². The highest BCUT2D eigenvalue weighted by Gasteiger charge is 2.04. The van der Waals surface area contributed by atoms with Gasteiger partial charge in [-0.25, -0.2) is 0 Å². The summed E-state index contributed by atoms with van der Waals surface area (Å²) in [5.41, 5.74) is 5.47. The number of guanidine groups is 2. The third-order valence-corrected chi connectivity index (χ3v) is 1.61. The molecule has 1 aromatic carbocycles. The van der Waals surface area contributed by atoms with Crippen LogP contribution in [0.15, 0.2) is 24.3 Å². The molecule has 9 heteroatoms. The summed E-state index contributed by atoms with van der Waals surface area (Å²) < 4.78 is 0. The van der Waals surface area contributed by atoms with E-state index in [-0.39, 0.29) is 30.0 Å². The van der Waals surface area contributed by atoms with Crippen LogP contribution in [-0.4, -0.2) is 16.8 Å². The van der Waals surface area contributed by atoms with E-state index in [0.717, 1.165) is 0 Å². The number of nitrogens with one attached hydrogen (secondary N) is 4. The van der Waals surface area contributed by atoms with Crippen LogP contribution in [0.3, 0.4) is 0 Å². The lowest BCUT2D eigenvalue weighted by atomic mass is 10.3. The first-order chi connectivity index (χ1) is 7.49. The Hall–Kier alpha value is -2.35. The van der Waals surface area contributed by atoms with E-state index in [4.69, 9.17) is 16.6 Å². The molecule has 92 valence electrons. The first-order valence-corrected chi connectivity index (χ1v) is 4.20. The number of nitro benzene ring substituents is 1. The number of rotatable bonds is 2. The monoisotopic (exact) mass is 258 g/mol. The van der Waals surface area contributed by atoms with Crippen molar-refractivity contribution in [1.82, 2.24) is 5.32 Å². The molecule has 0 saturated carbocycles. The Morgan fingerprint density at radius 3 is 2.24 bits per heavy atom. The molecule has 0 heterocycles. The highest BCUT2D eigenvalue weighted by molar-refractivity contribution is 6.02. The van der Waals surface area contributed by atoms with Gasteiger partial charge in [-0.2, -0.15) is 0 Å². The summed E-state index contributed by atoms with van der Waals surface area (Å²) in [5, 5.41) is 29.4. The maximum atomic E-state index is 10.4. The van der Waals surface area contributed by atoms with Crippen LogP contribution in [0.2, 0.25) is 0 Å². The van der Waals surface area contributed by atoms with Gasteiger partial charge in [0, 0.05) is 17.8 Å². The normalized spacial score (nSPS) is 8.71. The minimum Gasteiger partial charge on any atom is -0.370 e. The van der Waals surface area contributed by atoms with Gasteiger partial charge in [0.2, 0.25) is 0 Å². The molecule has 0 aliphatic heterocycles. The molecule has 1 aromatic rings. The number of nitrogens with zero attached hydrogens (tertiary/aromatic N) is 1. The van der Waals surface area contributed by atoms with Crippen molar-refractivity contribution < 1.29 is 4.92 Å². The lowest BCUT2D eigenvalue weighted by Crippen LogP contribution is -2.39. The number of non-ortho nitro benzene ring substituents is 1. The maximum absolute atomic E-state index is 10.4. The van der Waals surface area contributed by atoms with Crippen LogP contribution in [0.1, 0.15) is 0 Å². The van der Waals surface area contributed by atoms with Crippen LogP contribution in [0.4, 0.5) is 11.4 Å². The number of halogens is 1. The van der Waals surface area contributed by atoms with Gasteiger partial charge in [0.15, 0.2) is 11.9 Å². The topological polar surface area (TPSA) is 141 Å². The second-order valence-electron chi connectivity index (χ2n) is 2.84. The van der Waals surface area contributed by atoms with E-state index in [9.17, 15) is 10.1 Å². The standard InChI is InChI=1S/C8H10N6O2.ClH/c9-7(10)13-8(11)12-5-1-3-6(4-2-5)14(15)16;/h1-4H,(H6,9,10,11,12,13);1H. The molecule has 0 fully saturated rings. The number of benzene rings is 1. The summed E-state index contributed by atoms with van der Waals surface area (Å²) in [4.78, 5) is 9.85. The SMILES string of the molecule is Cl.N=C(N)NC(=N)Nc1ccc([N+](=O)[O-])cc1. The Morgan fingerprint density at radius 2 is 1.82 bits per heavy atom. The van der Waals surface area contributed by atoms with E-state index in [2.05, 4.69) is 10.6 Å². The average molecular weight is 259 g/mol. The molecule has 17 heavy (non-hydrogen) atoms. The van der Waals surface area contributed by atoms with Gasteiger partial charge >= 0.3 is 0 Å². The summed E-state index contributed by atoms with van der Waals surface area (Å²) >= 11 is 0. The van der Waals surface area contributed by atoms with Gasteiger partial charge in [-0.3, -0.25) is 26.2 Å². The molecule has 1 rings (SSSR count). The second-order valence-corrected chi connectivity index (χ2v) is 2.84. The van der Waals surface area contributed by atoms with Crippen LogP contribution < -0.4 is 16.4 Å². The van der Waals surface area contributed by atoms with Crippen molar-refractivity contribution >= 4 is 35.7 Å². The summed E-state index contributed by atoms with van der Waals surface area (Å²) in [6.45, 7) is 0. The highest BCUT2D eigenvalue weighted by Crippen LogP contribution is 2.14. The number of hydrogen-bond acceptors (Lipinski definition) is 4. The molecule has 0 aliphatic carbocycles. The Kier molecular flexibility index (Phi) is 5.41. The molecule has 0 atom stereocenters. The van der Waals surface area contributed by atoms with Crippen molar-refractivity contribution in [2.45, 2.75) is 0 Å². The Morgan fingerprint density at radius 1 is 1.29 bits per heavy atom. The fraction of sp³-hybridized carbons (Fsp3) is 0. The third kappa shape index (κ3) is 4.80. The van der Waals surface area contributed by atoms with Crippen LogP contribution in [0.5, 0.6) is 0 Å². The first kappa shape index (κ1) is 14.6. The minimum atomic E-state index is -0.511. The molecule has 0 unspecified atom stereocenters. The fourth-order valence-corrected chi connectivity index (χ4v) is 0.977. The maximum Gasteiger partial charge on any atom is 0.269 e. The van der Waals surface area contributed by atoms with Crippen molar-refractivity contribution in [2.24, 2.45) is 5.73 Å². The Labute approximate surface area is 103 Å². The summed E-state index contributed by atoms with van der Waals surface area (Å²) in [5.74, 6) is -0.541. The average Bonchev–Trinajstić information content (AvgIpc) is 2.16. The predicted octanol–water partition coefficient (Wildman–Crippen LogP) is 0.846. The molecule has 0 aliphatic rings. The zero-order valence-corrected chi connectivity index (χ0v) is 9.38. The Balaban J connectivity index is 0.00000256. The van der Waals surface area contributed by atoms with Gasteiger partial charge in [0.05, 0.1) is 4.92 Å². The third-order valence-electron chi connectivity index (χ3n) is 1.61. The molecule has 0 bridgehead atoms.